The number of rotatable bonds is 9. The summed E-state index contributed by atoms with van der Waals surface area (Å²) in [6.07, 6.45) is 0.737. The van der Waals surface area contributed by atoms with Gasteiger partial charge >= 0.3 is 0 Å². The van der Waals surface area contributed by atoms with Gasteiger partial charge < -0.3 is 20.5 Å². The van der Waals surface area contributed by atoms with Crippen molar-refractivity contribution in [2.45, 2.75) is 40.2 Å². The lowest BCUT2D eigenvalue weighted by Gasteiger charge is -2.21. The normalized spacial score (nSPS) is 13.0. The van der Waals surface area contributed by atoms with Crippen molar-refractivity contribution < 1.29 is 19.1 Å². The molecule has 128 valence electrons. The topological polar surface area (TPSA) is 90.6 Å². The molecule has 0 radical (unpaired) electrons. The molecule has 0 aliphatic heterocycles. The molecule has 0 aliphatic carbocycles. The molecule has 0 bridgehead atoms. The minimum Gasteiger partial charge on any atom is -0.490 e. The zero-order valence-corrected chi connectivity index (χ0v) is 14.2. The highest BCUT2D eigenvalue weighted by atomic mass is 16.5. The maximum Gasteiger partial charge on any atom is 0.252 e. The van der Waals surface area contributed by atoms with E-state index in [1.165, 1.54) is 0 Å². The molecule has 2 unspecified atom stereocenters. The highest BCUT2D eigenvalue weighted by Gasteiger charge is 2.24. The van der Waals surface area contributed by atoms with E-state index < -0.39 is 11.9 Å². The highest BCUT2D eigenvalue weighted by Crippen LogP contribution is 2.28. The zero-order valence-electron chi connectivity index (χ0n) is 14.2. The van der Waals surface area contributed by atoms with Gasteiger partial charge in [0, 0.05) is 5.56 Å². The molecule has 3 N–H and O–H groups in total. The first kappa shape index (κ1) is 18.8. The lowest BCUT2D eigenvalue weighted by Crippen LogP contribution is -2.48. The molecule has 1 rings (SSSR count). The number of carbonyl (C=O) groups excluding carboxylic acids is 2. The smallest absolute Gasteiger partial charge is 0.252 e. The molecule has 0 fully saturated rings. The van der Waals surface area contributed by atoms with Gasteiger partial charge in [0.1, 0.15) is 6.04 Å². The molecule has 0 spiro atoms. The van der Waals surface area contributed by atoms with Gasteiger partial charge in [0.15, 0.2) is 11.5 Å². The predicted molar refractivity (Wildman–Crippen MR) is 88.7 cm³/mol. The Hall–Kier alpha value is -2.24. The summed E-state index contributed by atoms with van der Waals surface area (Å²) in [5, 5.41) is 2.69. The maximum absolute atomic E-state index is 12.4. The van der Waals surface area contributed by atoms with Gasteiger partial charge in [-0.2, -0.15) is 0 Å². The second-order valence-electron chi connectivity index (χ2n) is 5.27. The van der Waals surface area contributed by atoms with Crippen LogP contribution in [0.5, 0.6) is 11.5 Å². The first-order valence-electron chi connectivity index (χ1n) is 7.94. The number of hydrogen-bond donors (Lipinski definition) is 2. The molecule has 1 aromatic carbocycles. The Bertz CT molecular complexity index is 545. The number of nitrogens with two attached hydrogens (primary N) is 1. The van der Waals surface area contributed by atoms with Crippen molar-refractivity contribution in [3.8, 4) is 11.5 Å². The summed E-state index contributed by atoms with van der Waals surface area (Å²) in [6, 6.07) is 4.23. The van der Waals surface area contributed by atoms with Crippen molar-refractivity contribution in [3.63, 3.8) is 0 Å². The summed E-state index contributed by atoms with van der Waals surface area (Å²) in [6.45, 7) is 8.51. The van der Waals surface area contributed by atoms with Gasteiger partial charge in [-0.15, -0.1) is 0 Å². The molecule has 0 aromatic heterocycles. The van der Waals surface area contributed by atoms with Gasteiger partial charge in [0.2, 0.25) is 5.91 Å². The van der Waals surface area contributed by atoms with Gasteiger partial charge in [-0.05, 0) is 38.0 Å². The van der Waals surface area contributed by atoms with Gasteiger partial charge in [-0.1, -0.05) is 20.3 Å². The lowest BCUT2D eigenvalue weighted by atomic mass is 9.98. The van der Waals surface area contributed by atoms with Crippen molar-refractivity contribution in [1.29, 1.82) is 0 Å². The average molecular weight is 322 g/mol. The van der Waals surface area contributed by atoms with E-state index in [0.29, 0.717) is 30.3 Å². The van der Waals surface area contributed by atoms with Crippen LogP contribution in [0.3, 0.4) is 0 Å². The SMILES string of the molecule is CCOc1ccc(C(=O)NC(C(N)=O)C(C)CC)cc1OCC. The van der Waals surface area contributed by atoms with Crippen LogP contribution < -0.4 is 20.5 Å². The van der Waals surface area contributed by atoms with E-state index in [-0.39, 0.29) is 11.8 Å². The standard InChI is InChI=1S/C17H26N2O4/c1-5-11(4)15(16(18)20)19-17(21)12-8-9-13(22-6-2)14(10-12)23-7-3/h8-11,15H,5-7H2,1-4H3,(H2,18,20)(H,19,21). The molecule has 1 aromatic rings. The van der Waals surface area contributed by atoms with Crippen molar-refractivity contribution >= 4 is 11.8 Å². The molecule has 2 atom stereocenters. The number of amides is 2. The minimum atomic E-state index is -0.699. The molecule has 2 amide bonds. The monoisotopic (exact) mass is 322 g/mol. The molecule has 0 heterocycles. The Labute approximate surface area is 137 Å². The van der Waals surface area contributed by atoms with E-state index in [1.807, 2.05) is 27.7 Å². The molecular weight excluding hydrogens is 296 g/mol. The first-order valence-corrected chi connectivity index (χ1v) is 7.94. The fourth-order valence-electron chi connectivity index (χ4n) is 2.15. The molecule has 0 aliphatic rings. The number of ether oxygens (including phenoxy) is 2. The van der Waals surface area contributed by atoms with E-state index in [0.717, 1.165) is 6.42 Å². The average Bonchev–Trinajstić information content (AvgIpc) is 2.53. The van der Waals surface area contributed by atoms with Crippen LogP contribution in [-0.4, -0.2) is 31.1 Å². The molecular formula is C17H26N2O4. The van der Waals surface area contributed by atoms with Crippen LogP contribution in [0.1, 0.15) is 44.5 Å². The minimum absolute atomic E-state index is 0.0366. The largest absolute Gasteiger partial charge is 0.490 e. The highest BCUT2D eigenvalue weighted by molar-refractivity contribution is 5.97. The van der Waals surface area contributed by atoms with E-state index >= 15 is 0 Å². The van der Waals surface area contributed by atoms with Crippen LogP contribution in [-0.2, 0) is 4.79 Å². The second kappa shape index (κ2) is 9.02. The Morgan fingerprint density at radius 1 is 1.13 bits per heavy atom. The number of benzene rings is 1. The van der Waals surface area contributed by atoms with Crippen LogP contribution in [0.25, 0.3) is 0 Å². The summed E-state index contributed by atoms with van der Waals surface area (Å²) in [7, 11) is 0. The summed E-state index contributed by atoms with van der Waals surface area (Å²) in [4.78, 5) is 23.9. The zero-order chi connectivity index (χ0) is 17.4. The third-order valence-corrected chi connectivity index (χ3v) is 3.61. The molecule has 6 nitrogen and oxygen atoms in total. The van der Waals surface area contributed by atoms with Crippen LogP contribution in [0, 0.1) is 5.92 Å². The van der Waals surface area contributed by atoms with E-state index in [1.54, 1.807) is 18.2 Å². The Morgan fingerprint density at radius 3 is 2.26 bits per heavy atom. The number of carbonyl (C=O) groups is 2. The van der Waals surface area contributed by atoms with E-state index in [9.17, 15) is 9.59 Å². The van der Waals surface area contributed by atoms with Crippen molar-refractivity contribution in [2.24, 2.45) is 11.7 Å². The summed E-state index contributed by atoms with van der Waals surface area (Å²) < 4.78 is 11.0. The molecule has 6 heteroatoms. The van der Waals surface area contributed by atoms with Crippen LogP contribution in [0.2, 0.25) is 0 Å². The Balaban J connectivity index is 2.98. The second-order valence-corrected chi connectivity index (χ2v) is 5.27. The Morgan fingerprint density at radius 2 is 1.74 bits per heavy atom. The van der Waals surface area contributed by atoms with Crippen LogP contribution >= 0.6 is 0 Å². The predicted octanol–water partition coefficient (Wildman–Crippen LogP) is 2.11. The quantitative estimate of drug-likeness (QED) is 0.728. The van der Waals surface area contributed by atoms with Crippen molar-refractivity contribution in [3.05, 3.63) is 23.8 Å². The first-order chi connectivity index (χ1) is 10.9. The fraction of sp³-hybridized carbons (Fsp3) is 0.529. The van der Waals surface area contributed by atoms with Crippen LogP contribution in [0.4, 0.5) is 0 Å². The number of hydrogen-bond acceptors (Lipinski definition) is 4. The van der Waals surface area contributed by atoms with E-state index in [4.69, 9.17) is 15.2 Å². The van der Waals surface area contributed by atoms with Gasteiger partial charge in [0.25, 0.3) is 5.91 Å². The Kier molecular flexibility index (Phi) is 7.38. The van der Waals surface area contributed by atoms with Crippen molar-refractivity contribution in [1.82, 2.24) is 5.32 Å². The third-order valence-electron chi connectivity index (χ3n) is 3.61. The van der Waals surface area contributed by atoms with Crippen molar-refractivity contribution in [2.75, 3.05) is 13.2 Å². The van der Waals surface area contributed by atoms with Crippen LogP contribution in [0.15, 0.2) is 18.2 Å². The van der Waals surface area contributed by atoms with E-state index in [2.05, 4.69) is 5.32 Å². The summed E-state index contributed by atoms with van der Waals surface area (Å²) in [5.41, 5.74) is 5.78. The van der Waals surface area contributed by atoms with Gasteiger partial charge in [-0.25, -0.2) is 0 Å². The number of nitrogens with one attached hydrogen (secondary N) is 1. The lowest BCUT2D eigenvalue weighted by molar-refractivity contribution is -0.120. The number of primary amides is 1. The fourth-order valence-corrected chi connectivity index (χ4v) is 2.15. The molecule has 0 saturated carbocycles. The molecule has 0 saturated heterocycles. The molecule has 23 heavy (non-hydrogen) atoms. The summed E-state index contributed by atoms with van der Waals surface area (Å²) in [5.74, 6) is 0.146. The van der Waals surface area contributed by atoms with Gasteiger partial charge in [-0.3, -0.25) is 9.59 Å². The summed E-state index contributed by atoms with van der Waals surface area (Å²) >= 11 is 0. The third kappa shape index (κ3) is 5.16. The maximum atomic E-state index is 12.4. The van der Waals surface area contributed by atoms with Gasteiger partial charge in [0.05, 0.1) is 13.2 Å².